The Kier molecular flexibility index (Phi) is 5.84. The summed E-state index contributed by atoms with van der Waals surface area (Å²) in [5.41, 5.74) is 1.70. The van der Waals surface area contributed by atoms with Gasteiger partial charge >= 0.3 is 0 Å². The molecule has 0 radical (unpaired) electrons. The van der Waals surface area contributed by atoms with Crippen LogP contribution in [0.15, 0.2) is 48.5 Å². The number of nitrogens with zero attached hydrogens (tertiary/aromatic N) is 2. The van der Waals surface area contributed by atoms with Crippen LogP contribution in [-0.2, 0) is 4.79 Å². The summed E-state index contributed by atoms with van der Waals surface area (Å²) in [7, 11) is 0. The van der Waals surface area contributed by atoms with Gasteiger partial charge in [0, 0.05) is 26.2 Å². The Morgan fingerprint density at radius 1 is 0.960 bits per heavy atom. The highest BCUT2D eigenvalue weighted by atomic mass is 35.5. The first-order valence-corrected chi connectivity index (χ1v) is 9.11. The molecule has 0 aliphatic carbocycles. The standard InChI is InChI=1S/C19H21Cl2N3O/c1-14(19(25)22-17-8-4-2-6-15(17)20)23-10-12-24(13-11-23)18-9-5-3-7-16(18)21/h2-9,14H,10-13H2,1H3,(H,22,25). The van der Waals surface area contributed by atoms with Gasteiger partial charge in [-0.15, -0.1) is 0 Å². The van der Waals surface area contributed by atoms with E-state index in [1.807, 2.05) is 49.4 Å². The van der Waals surface area contributed by atoms with Gasteiger partial charge < -0.3 is 10.2 Å². The first-order chi connectivity index (χ1) is 12.1. The number of piperazine rings is 1. The highest BCUT2D eigenvalue weighted by Gasteiger charge is 2.26. The molecule has 2 aromatic carbocycles. The van der Waals surface area contributed by atoms with Crippen molar-refractivity contribution in [1.29, 1.82) is 0 Å². The molecule has 1 heterocycles. The second-order valence-corrected chi connectivity index (χ2v) is 6.93. The van der Waals surface area contributed by atoms with Crippen LogP contribution in [0.25, 0.3) is 0 Å². The Labute approximate surface area is 158 Å². The van der Waals surface area contributed by atoms with Crippen LogP contribution in [0.2, 0.25) is 10.0 Å². The quantitative estimate of drug-likeness (QED) is 0.869. The first-order valence-electron chi connectivity index (χ1n) is 8.35. The van der Waals surface area contributed by atoms with Crippen LogP contribution in [0.3, 0.4) is 0 Å². The summed E-state index contributed by atoms with van der Waals surface area (Å²) in [4.78, 5) is 17.0. The zero-order chi connectivity index (χ0) is 17.8. The average molecular weight is 378 g/mol. The zero-order valence-electron chi connectivity index (χ0n) is 14.1. The topological polar surface area (TPSA) is 35.6 Å². The van der Waals surface area contributed by atoms with E-state index in [1.54, 1.807) is 6.07 Å². The van der Waals surface area contributed by atoms with E-state index in [9.17, 15) is 4.79 Å². The number of rotatable bonds is 4. The number of carbonyl (C=O) groups excluding carboxylic acids is 1. The molecule has 1 aliphatic rings. The highest BCUT2D eigenvalue weighted by molar-refractivity contribution is 6.33. The maximum Gasteiger partial charge on any atom is 0.241 e. The smallest absolute Gasteiger partial charge is 0.241 e. The lowest BCUT2D eigenvalue weighted by molar-refractivity contribution is -0.120. The van der Waals surface area contributed by atoms with Crippen molar-refractivity contribution >= 4 is 40.5 Å². The lowest BCUT2D eigenvalue weighted by Crippen LogP contribution is -2.52. The van der Waals surface area contributed by atoms with Crippen molar-refractivity contribution in [2.45, 2.75) is 13.0 Å². The number of anilines is 2. The number of hydrogen-bond donors (Lipinski definition) is 1. The van der Waals surface area contributed by atoms with Gasteiger partial charge in [0.25, 0.3) is 0 Å². The molecule has 2 aromatic rings. The fourth-order valence-corrected chi connectivity index (χ4v) is 3.46. The van der Waals surface area contributed by atoms with Gasteiger partial charge in [-0.2, -0.15) is 0 Å². The van der Waals surface area contributed by atoms with E-state index in [-0.39, 0.29) is 11.9 Å². The van der Waals surface area contributed by atoms with Crippen molar-refractivity contribution in [1.82, 2.24) is 4.90 Å². The SMILES string of the molecule is CC(C(=O)Nc1ccccc1Cl)N1CCN(c2ccccc2Cl)CC1. The molecule has 1 atom stereocenters. The molecule has 1 saturated heterocycles. The molecule has 0 bridgehead atoms. The Balaban J connectivity index is 1.58. The molecule has 1 amide bonds. The summed E-state index contributed by atoms with van der Waals surface area (Å²) in [5, 5.41) is 4.22. The van der Waals surface area contributed by atoms with Gasteiger partial charge in [0.15, 0.2) is 0 Å². The Morgan fingerprint density at radius 2 is 1.56 bits per heavy atom. The summed E-state index contributed by atoms with van der Waals surface area (Å²) in [6.07, 6.45) is 0. The normalized spacial score (nSPS) is 16.5. The largest absolute Gasteiger partial charge is 0.368 e. The molecule has 6 heteroatoms. The fraction of sp³-hybridized carbons (Fsp3) is 0.316. The van der Waals surface area contributed by atoms with Crippen molar-refractivity contribution in [3.05, 3.63) is 58.6 Å². The number of para-hydroxylation sites is 2. The van der Waals surface area contributed by atoms with Gasteiger partial charge in [-0.1, -0.05) is 47.5 Å². The second kappa shape index (κ2) is 8.09. The molecule has 0 aromatic heterocycles. The van der Waals surface area contributed by atoms with Crippen LogP contribution in [0, 0.1) is 0 Å². The van der Waals surface area contributed by atoms with Crippen LogP contribution in [-0.4, -0.2) is 43.0 Å². The average Bonchev–Trinajstić information content (AvgIpc) is 2.63. The predicted octanol–water partition coefficient (Wildman–Crippen LogP) is 4.14. The minimum Gasteiger partial charge on any atom is -0.368 e. The van der Waals surface area contributed by atoms with Crippen molar-refractivity contribution in [3.63, 3.8) is 0 Å². The van der Waals surface area contributed by atoms with Crippen LogP contribution in [0.1, 0.15) is 6.92 Å². The van der Waals surface area contributed by atoms with E-state index in [2.05, 4.69) is 15.1 Å². The number of amides is 1. The molecule has 0 spiro atoms. The summed E-state index contributed by atoms with van der Waals surface area (Å²) in [6.45, 7) is 5.23. The number of hydrogen-bond acceptors (Lipinski definition) is 3. The molecule has 1 aliphatic heterocycles. The second-order valence-electron chi connectivity index (χ2n) is 6.12. The number of benzene rings is 2. The maximum atomic E-state index is 12.5. The van der Waals surface area contributed by atoms with Gasteiger partial charge in [-0.05, 0) is 31.2 Å². The third kappa shape index (κ3) is 4.27. The van der Waals surface area contributed by atoms with Crippen molar-refractivity contribution in [2.24, 2.45) is 0 Å². The number of nitrogens with one attached hydrogen (secondary N) is 1. The molecular formula is C19H21Cl2N3O. The van der Waals surface area contributed by atoms with Crippen LogP contribution >= 0.6 is 23.2 Å². The minimum atomic E-state index is -0.218. The van der Waals surface area contributed by atoms with Crippen LogP contribution < -0.4 is 10.2 Å². The lowest BCUT2D eigenvalue weighted by atomic mass is 10.2. The lowest BCUT2D eigenvalue weighted by Gasteiger charge is -2.38. The van der Waals surface area contributed by atoms with Crippen LogP contribution in [0.4, 0.5) is 11.4 Å². The van der Waals surface area contributed by atoms with E-state index < -0.39 is 0 Å². The van der Waals surface area contributed by atoms with Gasteiger partial charge in [-0.25, -0.2) is 0 Å². The summed E-state index contributed by atoms with van der Waals surface area (Å²) < 4.78 is 0. The predicted molar refractivity (Wildman–Crippen MR) is 105 cm³/mol. The third-order valence-electron chi connectivity index (χ3n) is 4.57. The molecule has 4 nitrogen and oxygen atoms in total. The zero-order valence-corrected chi connectivity index (χ0v) is 15.6. The Hall–Kier alpha value is -1.75. The van der Waals surface area contributed by atoms with Gasteiger partial charge in [0.05, 0.1) is 27.5 Å². The van der Waals surface area contributed by atoms with Crippen molar-refractivity contribution < 1.29 is 4.79 Å². The molecule has 1 unspecified atom stereocenters. The Morgan fingerprint density at radius 3 is 2.20 bits per heavy atom. The molecule has 3 rings (SSSR count). The first kappa shape index (κ1) is 18.1. The van der Waals surface area contributed by atoms with E-state index in [4.69, 9.17) is 23.2 Å². The molecule has 132 valence electrons. The summed E-state index contributed by atoms with van der Waals surface area (Å²) in [5.74, 6) is -0.0423. The van der Waals surface area contributed by atoms with Gasteiger partial charge in [0.2, 0.25) is 5.91 Å². The maximum absolute atomic E-state index is 12.5. The van der Waals surface area contributed by atoms with E-state index in [0.717, 1.165) is 36.9 Å². The fourth-order valence-electron chi connectivity index (χ4n) is 3.02. The van der Waals surface area contributed by atoms with Gasteiger partial charge in [-0.3, -0.25) is 9.69 Å². The van der Waals surface area contributed by atoms with Crippen LogP contribution in [0.5, 0.6) is 0 Å². The van der Waals surface area contributed by atoms with Gasteiger partial charge in [0.1, 0.15) is 0 Å². The van der Waals surface area contributed by atoms with E-state index >= 15 is 0 Å². The van der Waals surface area contributed by atoms with Crippen molar-refractivity contribution in [2.75, 3.05) is 36.4 Å². The van der Waals surface area contributed by atoms with E-state index in [1.165, 1.54) is 0 Å². The molecular weight excluding hydrogens is 357 g/mol. The molecule has 25 heavy (non-hydrogen) atoms. The van der Waals surface area contributed by atoms with Crippen molar-refractivity contribution in [3.8, 4) is 0 Å². The summed E-state index contributed by atoms with van der Waals surface area (Å²) in [6, 6.07) is 14.9. The van der Waals surface area contributed by atoms with E-state index in [0.29, 0.717) is 10.7 Å². The molecule has 0 saturated carbocycles. The third-order valence-corrected chi connectivity index (χ3v) is 5.22. The number of carbonyl (C=O) groups is 1. The summed E-state index contributed by atoms with van der Waals surface area (Å²) >= 11 is 12.4. The number of halogens is 2. The highest BCUT2D eigenvalue weighted by Crippen LogP contribution is 2.26. The molecule has 1 N–H and O–H groups in total. The minimum absolute atomic E-state index is 0.0423. The Bertz CT molecular complexity index is 745. The molecule has 1 fully saturated rings. The monoisotopic (exact) mass is 377 g/mol.